The van der Waals surface area contributed by atoms with Crippen molar-refractivity contribution in [1.82, 2.24) is 20.3 Å². The van der Waals surface area contributed by atoms with E-state index in [1.807, 2.05) is 72.5 Å². The summed E-state index contributed by atoms with van der Waals surface area (Å²) in [6.45, 7) is 8.88. The van der Waals surface area contributed by atoms with E-state index in [4.69, 9.17) is 18.9 Å². The summed E-state index contributed by atoms with van der Waals surface area (Å²) in [4.78, 5) is 39.9. The molecule has 290 valence electrons. The van der Waals surface area contributed by atoms with Gasteiger partial charge in [-0.3, -0.25) is 0 Å². The smallest absolute Gasteiger partial charge is 0.407 e. The highest BCUT2D eigenvalue weighted by atomic mass is 32.2. The zero-order chi connectivity index (χ0) is 38.6. The first kappa shape index (κ1) is 40.0. The third-order valence-corrected chi connectivity index (χ3v) is 10.1. The van der Waals surface area contributed by atoms with Crippen LogP contribution < -0.4 is 25.0 Å². The molecule has 0 unspecified atom stereocenters. The van der Waals surface area contributed by atoms with E-state index >= 15 is 0 Å². The van der Waals surface area contributed by atoms with Crippen molar-refractivity contribution in [2.75, 3.05) is 54.6 Å². The van der Waals surface area contributed by atoms with Gasteiger partial charge in [-0.2, -0.15) is 4.98 Å². The van der Waals surface area contributed by atoms with E-state index in [0.29, 0.717) is 35.7 Å². The number of aromatic nitrogens is 3. The number of esters is 1. The molecule has 54 heavy (non-hydrogen) atoms. The second kappa shape index (κ2) is 18.7. The largest absolute Gasteiger partial charge is 0.494 e. The van der Waals surface area contributed by atoms with E-state index in [-0.39, 0.29) is 49.7 Å². The Morgan fingerprint density at radius 1 is 0.926 bits per heavy atom. The van der Waals surface area contributed by atoms with Gasteiger partial charge >= 0.3 is 12.1 Å². The number of sulfone groups is 1. The monoisotopic (exact) mass is 762 g/mol. The number of alkyl carbamates (subject to hydrolysis) is 1. The lowest BCUT2D eigenvalue weighted by Gasteiger charge is -2.28. The molecule has 1 amide bonds. The molecule has 1 atom stereocenters. The Balaban J connectivity index is 1.16. The van der Waals surface area contributed by atoms with Gasteiger partial charge in [0.25, 0.3) is 0 Å². The van der Waals surface area contributed by atoms with Crippen molar-refractivity contribution in [2.45, 2.75) is 71.6 Å². The molecule has 3 heterocycles. The highest BCUT2D eigenvalue weighted by molar-refractivity contribution is 7.91. The fourth-order valence-corrected chi connectivity index (χ4v) is 6.94. The van der Waals surface area contributed by atoms with E-state index in [2.05, 4.69) is 25.6 Å². The second-order valence-corrected chi connectivity index (χ2v) is 16.4. The van der Waals surface area contributed by atoms with Crippen LogP contribution in [0.25, 0.3) is 10.9 Å². The van der Waals surface area contributed by atoms with Gasteiger partial charge in [-0.1, -0.05) is 55.3 Å². The molecule has 4 aromatic rings. The number of hydrogen-bond donors (Lipinski definition) is 2. The van der Waals surface area contributed by atoms with Crippen molar-refractivity contribution in [3.8, 4) is 11.6 Å². The van der Waals surface area contributed by atoms with E-state index in [0.717, 1.165) is 42.6 Å². The molecule has 1 saturated heterocycles. The van der Waals surface area contributed by atoms with Crippen molar-refractivity contribution < 1.29 is 37.0 Å². The molecule has 5 rings (SSSR count). The molecule has 1 fully saturated rings. The molecule has 0 radical (unpaired) electrons. The molecule has 2 N–H and O–H groups in total. The van der Waals surface area contributed by atoms with Gasteiger partial charge in [0, 0.05) is 19.6 Å². The highest BCUT2D eigenvalue weighted by Gasteiger charge is 2.25. The number of unbranched alkanes of at least 4 members (excludes halogenated alkanes) is 3. The summed E-state index contributed by atoms with van der Waals surface area (Å²) in [5.41, 5.74) is 1.63. The highest BCUT2D eigenvalue weighted by Crippen LogP contribution is 2.33. The number of fused-ring (bicyclic) bond motifs is 1. The maximum atomic E-state index is 12.5. The molecule has 0 spiro atoms. The van der Waals surface area contributed by atoms with E-state index < -0.39 is 27.5 Å². The molecular weight excluding hydrogens is 713 g/mol. The zero-order valence-electron chi connectivity index (χ0n) is 31.4. The fourth-order valence-electron chi connectivity index (χ4n) is 5.74. The zero-order valence-corrected chi connectivity index (χ0v) is 32.2. The molecule has 2 aromatic carbocycles. The summed E-state index contributed by atoms with van der Waals surface area (Å²) >= 11 is 0. The average molecular weight is 763 g/mol. The van der Waals surface area contributed by atoms with Gasteiger partial charge < -0.3 is 34.5 Å². The first-order valence-electron chi connectivity index (χ1n) is 18.2. The van der Waals surface area contributed by atoms with Crippen LogP contribution in [0, 0.1) is 0 Å². The number of benzene rings is 2. The lowest BCUT2D eigenvalue weighted by atomic mass is 10.1. The van der Waals surface area contributed by atoms with Gasteiger partial charge in [-0.15, -0.1) is 0 Å². The molecule has 0 bridgehead atoms. The molecule has 0 saturated carbocycles. The van der Waals surface area contributed by atoms with Crippen LogP contribution in [0.2, 0.25) is 0 Å². The SMILES string of the molecule is C[C@@H](Nc1ncnc2c(OCC(=O)OC(C)(C)C)nc(N3CCS(=O)(=O)CC3)cc12)c1cccc(OCCCCCCNC(=O)OCc2ccccc2)c1. The van der Waals surface area contributed by atoms with Crippen molar-refractivity contribution in [1.29, 1.82) is 0 Å². The van der Waals surface area contributed by atoms with Gasteiger partial charge in [0.1, 0.15) is 41.4 Å². The van der Waals surface area contributed by atoms with E-state index in [9.17, 15) is 18.0 Å². The van der Waals surface area contributed by atoms with Crippen molar-refractivity contribution in [3.05, 3.63) is 78.1 Å². The Morgan fingerprint density at radius 3 is 2.44 bits per heavy atom. The predicted molar refractivity (Wildman–Crippen MR) is 207 cm³/mol. The van der Waals surface area contributed by atoms with Crippen molar-refractivity contribution in [3.63, 3.8) is 0 Å². The lowest BCUT2D eigenvalue weighted by Crippen LogP contribution is -2.40. The van der Waals surface area contributed by atoms with Gasteiger partial charge in [-0.25, -0.2) is 28.0 Å². The fraction of sp³-hybridized carbons (Fsp3) is 0.462. The van der Waals surface area contributed by atoms with Crippen LogP contribution in [-0.2, 0) is 30.7 Å². The number of ether oxygens (including phenoxy) is 4. The van der Waals surface area contributed by atoms with Crippen LogP contribution in [0.5, 0.6) is 11.6 Å². The summed E-state index contributed by atoms with van der Waals surface area (Å²) in [5.74, 6) is 1.36. The van der Waals surface area contributed by atoms with Crippen LogP contribution in [0.3, 0.4) is 0 Å². The van der Waals surface area contributed by atoms with Crippen LogP contribution in [0.4, 0.5) is 16.4 Å². The molecular formula is C39H50N6O8S. The first-order valence-corrected chi connectivity index (χ1v) is 20.1. The van der Waals surface area contributed by atoms with Gasteiger partial charge in [-0.05, 0) is 69.9 Å². The molecule has 1 aliphatic rings. The molecule has 14 nitrogen and oxygen atoms in total. The predicted octanol–water partition coefficient (Wildman–Crippen LogP) is 6.02. The summed E-state index contributed by atoms with van der Waals surface area (Å²) in [7, 11) is -3.12. The number of pyridine rings is 1. The van der Waals surface area contributed by atoms with Gasteiger partial charge in [0.05, 0.1) is 29.5 Å². The minimum absolute atomic E-state index is 0.0120. The van der Waals surface area contributed by atoms with Gasteiger partial charge in [0.15, 0.2) is 16.4 Å². The summed E-state index contributed by atoms with van der Waals surface area (Å²) in [6, 6.07) is 19.1. The number of nitrogens with one attached hydrogen (secondary N) is 2. The number of carbonyl (C=O) groups excluding carboxylic acids is 2. The second-order valence-electron chi connectivity index (χ2n) is 14.1. The first-order chi connectivity index (χ1) is 25.8. The van der Waals surface area contributed by atoms with E-state index in [1.54, 1.807) is 20.8 Å². The van der Waals surface area contributed by atoms with Crippen molar-refractivity contribution in [2.24, 2.45) is 0 Å². The number of nitrogens with zero attached hydrogens (tertiary/aromatic N) is 4. The standard InChI is InChI=1S/C39H50N6O8S/c1-28(30-15-12-16-31(23-30)50-20-11-6-5-10-17-40-38(47)52-25-29-13-8-7-9-14-29)43-36-32-24-33(45-18-21-54(48,49)22-19-45)44-37(35(32)41-27-42-36)51-26-34(46)53-39(2,3)4/h7-9,12-16,23-24,27-28H,5-6,10-11,17-22,25-26H2,1-4H3,(H,40,47)(H,41,42,43)/t28-/m1/s1. The number of anilines is 2. The topological polar surface area (TPSA) is 171 Å². The molecule has 15 heteroatoms. The summed E-state index contributed by atoms with van der Waals surface area (Å²) in [6.07, 6.45) is 4.64. The maximum Gasteiger partial charge on any atom is 0.407 e. The Labute approximate surface area is 316 Å². The molecule has 0 aliphatic carbocycles. The lowest BCUT2D eigenvalue weighted by molar-refractivity contribution is -0.157. The maximum absolute atomic E-state index is 12.5. The quantitative estimate of drug-likeness (QED) is 0.0947. The molecule has 1 aliphatic heterocycles. The number of amides is 1. The Kier molecular flexibility index (Phi) is 13.9. The number of rotatable bonds is 17. The summed E-state index contributed by atoms with van der Waals surface area (Å²) < 4.78 is 46.9. The third-order valence-electron chi connectivity index (χ3n) is 8.52. The summed E-state index contributed by atoms with van der Waals surface area (Å²) in [5, 5.41) is 6.88. The number of carbonyl (C=O) groups is 2. The minimum Gasteiger partial charge on any atom is -0.494 e. The van der Waals surface area contributed by atoms with Crippen molar-refractivity contribution >= 4 is 44.4 Å². The number of hydrogen-bond acceptors (Lipinski definition) is 13. The minimum atomic E-state index is -3.12. The van der Waals surface area contributed by atoms with Crippen LogP contribution in [-0.4, -0.2) is 85.4 Å². The third kappa shape index (κ3) is 12.5. The Hall–Kier alpha value is -5.18. The average Bonchev–Trinajstić information content (AvgIpc) is 3.14. The van der Waals surface area contributed by atoms with Crippen LogP contribution in [0.1, 0.15) is 70.5 Å². The van der Waals surface area contributed by atoms with E-state index in [1.165, 1.54) is 6.33 Å². The van der Waals surface area contributed by atoms with Crippen LogP contribution in [0.15, 0.2) is 67.0 Å². The Morgan fingerprint density at radius 2 is 1.69 bits per heavy atom. The van der Waals surface area contributed by atoms with Gasteiger partial charge in [0.2, 0.25) is 5.88 Å². The molecule has 2 aromatic heterocycles. The Bertz CT molecular complexity index is 1960. The normalized spacial score (nSPS) is 14.6. The van der Waals surface area contributed by atoms with Crippen LogP contribution >= 0.6 is 0 Å².